The summed E-state index contributed by atoms with van der Waals surface area (Å²) in [5.41, 5.74) is -1.07. The van der Waals surface area contributed by atoms with E-state index >= 15 is 0 Å². The van der Waals surface area contributed by atoms with E-state index in [0.717, 1.165) is 6.20 Å². The zero-order valence-electron chi connectivity index (χ0n) is 17.4. The number of nitrogens with zero attached hydrogens (tertiary/aromatic N) is 1. The fourth-order valence-electron chi connectivity index (χ4n) is 2.42. The summed E-state index contributed by atoms with van der Waals surface area (Å²) < 4.78 is 31.5. The molecule has 1 N–H and O–H groups in total. The number of amides is 1. The van der Waals surface area contributed by atoms with Crippen LogP contribution >= 0.6 is 11.6 Å². The summed E-state index contributed by atoms with van der Waals surface area (Å²) >= 11 is 5.89. The van der Waals surface area contributed by atoms with Crippen molar-refractivity contribution >= 4 is 30.9 Å². The minimum atomic E-state index is -0.772. The lowest BCUT2D eigenvalue weighted by Gasteiger charge is -2.32. The average molecular weight is 413 g/mol. The summed E-state index contributed by atoms with van der Waals surface area (Å²) in [5, 5.41) is 2.82. The van der Waals surface area contributed by atoms with Crippen molar-refractivity contribution in [1.29, 1.82) is 0 Å². The van der Waals surface area contributed by atoms with Crippen molar-refractivity contribution in [3.05, 3.63) is 34.3 Å². The summed E-state index contributed by atoms with van der Waals surface area (Å²) in [6.45, 7) is 13.0. The Morgan fingerprint density at radius 3 is 2.43 bits per heavy atom. The highest BCUT2D eigenvalue weighted by atomic mass is 35.5. The first-order valence-corrected chi connectivity index (χ1v) is 9.42. The Labute approximate surface area is 170 Å². The van der Waals surface area contributed by atoms with E-state index in [0.29, 0.717) is 5.47 Å². The van der Waals surface area contributed by atoms with E-state index in [1.54, 1.807) is 26.8 Å². The van der Waals surface area contributed by atoms with Gasteiger partial charge in [-0.1, -0.05) is 17.7 Å². The third-order valence-corrected chi connectivity index (χ3v) is 4.79. The number of halogens is 2. The number of rotatable bonds is 4. The van der Waals surface area contributed by atoms with Crippen LogP contribution in [-0.2, 0) is 14.0 Å². The fourth-order valence-corrected chi connectivity index (χ4v) is 2.59. The topological polar surface area (TPSA) is 69.7 Å². The number of ether oxygens (including phenoxy) is 1. The highest BCUT2D eigenvalue weighted by Crippen LogP contribution is 2.38. The molecule has 1 saturated heterocycles. The van der Waals surface area contributed by atoms with Crippen LogP contribution in [0, 0.1) is 5.82 Å². The second kappa shape index (κ2) is 8.01. The van der Waals surface area contributed by atoms with E-state index in [4.69, 9.17) is 25.6 Å². The molecule has 1 aromatic heterocycles. The van der Waals surface area contributed by atoms with Crippen LogP contribution in [0.3, 0.4) is 0 Å². The minimum absolute atomic E-state index is 0.0467. The fraction of sp³-hybridized carbons (Fsp3) is 0.579. The summed E-state index contributed by atoms with van der Waals surface area (Å²) in [7, 11) is -0.772. The number of nitrogens with one attached hydrogen (secondary N) is 1. The van der Waals surface area contributed by atoms with Crippen molar-refractivity contribution in [2.24, 2.45) is 0 Å². The molecule has 9 heteroatoms. The number of aromatic nitrogens is 1. The van der Waals surface area contributed by atoms with E-state index < -0.39 is 35.8 Å². The van der Waals surface area contributed by atoms with Crippen LogP contribution in [0.1, 0.15) is 54.0 Å². The Morgan fingerprint density at radius 2 is 1.89 bits per heavy atom. The maximum absolute atomic E-state index is 14.2. The van der Waals surface area contributed by atoms with Crippen molar-refractivity contribution < 1.29 is 23.2 Å². The molecule has 0 saturated carbocycles. The van der Waals surface area contributed by atoms with Gasteiger partial charge in [0.15, 0.2) is 0 Å². The summed E-state index contributed by atoms with van der Waals surface area (Å²) in [5.74, 6) is -0.546. The molecular weight excluding hydrogens is 385 g/mol. The average Bonchev–Trinajstić information content (AvgIpc) is 2.73. The van der Waals surface area contributed by atoms with Gasteiger partial charge in [-0.15, -0.1) is 0 Å². The van der Waals surface area contributed by atoms with E-state index in [9.17, 15) is 9.18 Å². The molecule has 0 bridgehead atoms. The Morgan fingerprint density at radius 1 is 1.32 bits per heavy atom. The first kappa shape index (κ1) is 22.7. The molecule has 1 amide bonds. The largest absolute Gasteiger partial charge is 0.492 e. The van der Waals surface area contributed by atoms with Gasteiger partial charge in [0.2, 0.25) is 0 Å². The number of carbonyl (C=O) groups excluding carboxylic acids is 1. The van der Waals surface area contributed by atoms with E-state index in [1.165, 1.54) is 6.07 Å². The number of alkyl carbamates (subject to hydrolysis) is 1. The Balaban J connectivity index is 2.30. The zero-order valence-corrected chi connectivity index (χ0v) is 18.1. The third kappa shape index (κ3) is 5.69. The first-order valence-electron chi connectivity index (χ1n) is 9.04. The van der Waals surface area contributed by atoms with Crippen LogP contribution < -0.4 is 5.32 Å². The predicted molar refractivity (Wildman–Crippen MR) is 108 cm³/mol. The van der Waals surface area contributed by atoms with Gasteiger partial charge in [0, 0.05) is 12.1 Å². The summed E-state index contributed by atoms with van der Waals surface area (Å²) in [6.07, 6.45) is 1.99. The quantitative estimate of drug-likeness (QED) is 0.586. The molecule has 0 radical (unpaired) electrons. The highest BCUT2D eigenvalue weighted by Gasteiger charge is 2.52. The number of hydrogen-bond donors (Lipinski definition) is 1. The van der Waals surface area contributed by atoms with Gasteiger partial charge in [0.05, 0.1) is 17.4 Å². The van der Waals surface area contributed by atoms with Gasteiger partial charge >= 0.3 is 13.2 Å². The maximum atomic E-state index is 14.2. The second-order valence-electron chi connectivity index (χ2n) is 8.69. The SMILES string of the molecule is CC(C)(C)OC(=O)NCC(=Cc1cc(Cl)ncc1F)B1OC(C)(C)C(C)(C)O1. The molecule has 0 aromatic carbocycles. The van der Waals surface area contributed by atoms with Crippen molar-refractivity contribution in [2.75, 3.05) is 6.54 Å². The monoisotopic (exact) mass is 412 g/mol. The van der Waals surface area contributed by atoms with Gasteiger partial charge < -0.3 is 19.4 Å². The Bertz CT molecular complexity index is 762. The molecular formula is C19H27BClFN2O4. The Kier molecular flexibility index (Phi) is 6.48. The number of carbonyl (C=O) groups is 1. The third-order valence-electron chi connectivity index (χ3n) is 4.58. The summed E-state index contributed by atoms with van der Waals surface area (Å²) in [4.78, 5) is 15.8. The lowest BCUT2D eigenvalue weighted by molar-refractivity contribution is 0.00578. The predicted octanol–water partition coefficient (Wildman–Crippen LogP) is 4.41. The molecule has 0 spiro atoms. The van der Waals surface area contributed by atoms with Crippen molar-refractivity contribution in [3.63, 3.8) is 0 Å². The standard InChI is InChI=1S/C19H27BClFN2O4/c1-17(2,3)26-16(25)24-10-13(8-12-9-15(21)23-11-14(12)22)20-27-18(4,5)19(6,7)28-20/h8-9,11H,10H2,1-7H3,(H,24,25). The molecule has 0 atom stereocenters. The minimum Gasteiger partial charge on any atom is -0.444 e. The molecule has 0 unspecified atom stereocenters. The van der Waals surface area contributed by atoms with E-state index in [2.05, 4.69) is 10.3 Å². The smallest absolute Gasteiger partial charge is 0.444 e. The van der Waals surface area contributed by atoms with Gasteiger partial charge in [-0.2, -0.15) is 0 Å². The van der Waals surface area contributed by atoms with Gasteiger partial charge in [-0.25, -0.2) is 14.2 Å². The normalized spacial score (nSPS) is 18.9. The molecule has 1 fully saturated rings. The number of hydrogen-bond acceptors (Lipinski definition) is 5. The lowest BCUT2D eigenvalue weighted by Crippen LogP contribution is -2.41. The summed E-state index contributed by atoms with van der Waals surface area (Å²) in [6, 6.07) is 1.40. The van der Waals surface area contributed by atoms with Crippen LogP contribution in [-0.4, -0.2) is 41.5 Å². The van der Waals surface area contributed by atoms with Crippen LogP contribution in [0.15, 0.2) is 17.7 Å². The van der Waals surface area contributed by atoms with Crippen molar-refractivity contribution in [3.8, 4) is 0 Å². The van der Waals surface area contributed by atoms with Crippen LogP contribution in [0.2, 0.25) is 5.15 Å². The second-order valence-corrected chi connectivity index (χ2v) is 9.08. The molecule has 2 rings (SSSR count). The highest BCUT2D eigenvalue weighted by molar-refractivity contribution is 6.56. The van der Waals surface area contributed by atoms with E-state index in [-0.39, 0.29) is 17.3 Å². The van der Waals surface area contributed by atoms with Gasteiger partial charge in [0.25, 0.3) is 0 Å². The first-order chi connectivity index (χ1) is 12.7. The molecule has 0 aliphatic carbocycles. The molecule has 28 heavy (non-hydrogen) atoms. The van der Waals surface area contributed by atoms with Crippen molar-refractivity contribution in [1.82, 2.24) is 10.3 Å². The molecule has 6 nitrogen and oxygen atoms in total. The molecule has 2 heterocycles. The molecule has 1 aromatic rings. The van der Waals surface area contributed by atoms with Gasteiger partial charge in [0.1, 0.15) is 16.6 Å². The van der Waals surface area contributed by atoms with Crippen LogP contribution in [0.5, 0.6) is 0 Å². The molecule has 154 valence electrons. The lowest BCUT2D eigenvalue weighted by atomic mass is 9.77. The Hall–Kier alpha value is -1.64. The zero-order chi connectivity index (χ0) is 21.3. The maximum Gasteiger partial charge on any atom is 0.492 e. The van der Waals surface area contributed by atoms with E-state index in [1.807, 2.05) is 27.7 Å². The van der Waals surface area contributed by atoms with Crippen LogP contribution in [0.25, 0.3) is 6.08 Å². The van der Waals surface area contributed by atoms with Crippen LogP contribution in [0.4, 0.5) is 9.18 Å². The van der Waals surface area contributed by atoms with Crippen molar-refractivity contribution in [2.45, 2.75) is 65.3 Å². The molecule has 1 aliphatic rings. The molecule has 1 aliphatic heterocycles. The van der Waals surface area contributed by atoms with Gasteiger partial charge in [-0.05, 0) is 60.0 Å². The number of pyridine rings is 1. The van der Waals surface area contributed by atoms with Gasteiger partial charge in [-0.3, -0.25) is 0 Å².